The maximum absolute atomic E-state index is 6.61. The Bertz CT molecular complexity index is 2830. The van der Waals surface area contributed by atoms with E-state index in [0.29, 0.717) is 17.5 Å². The molecule has 224 valence electrons. The summed E-state index contributed by atoms with van der Waals surface area (Å²) in [4.78, 5) is 15.4. The molecule has 10 aromatic rings. The van der Waals surface area contributed by atoms with Crippen molar-refractivity contribution in [3.8, 4) is 39.9 Å². The van der Waals surface area contributed by atoms with Gasteiger partial charge in [-0.15, -0.1) is 0 Å². The average molecular weight is 615 g/mol. The first-order valence-corrected chi connectivity index (χ1v) is 16.0. The lowest BCUT2D eigenvalue weighted by molar-refractivity contribution is 0.670. The zero-order valence-electron chi connectivity index (χ0n) is 25.7. The van der Waals surface area contributed by atoms with E-state index in [2.05, 4.69) is 120 Å². The van der Waals surface area contributed by atoms with Gasteiger partial charge < -0.3 is 8.98 Å². The van der Waals surface area contributed by atoms with Gasteiger partial charge in [-0.25, -0.2) is 15.0 Å². The zero-order chi connectivity index (χ0) is 31.6. The van der Waals surface area contributed by atoms with Crippen LogP contribution in [0.25, 0.3) is 94.4 Å². The molecule has 0 saturated heterocycles. The number of fused-ring (bicyclic) bond motifs is 7. The minimum absolute atomic E-state index is 0.567. The molecule has 5 nitrogen and oxygen atoms in total. The second-order valence-corrected chi connectivity index (χ2v) is 12.0. The molecule has 0 aliphatic carbocycles. The lowest BCUT2D eigenvalue weighted by atomic mass is 10.0. The number of hydrogen-bond donors (Lipinski definition) is 0. The molecule has 0 saturated carbocycles. The number of rotatable bonds is 4. The van der Waals surface area contributed by atoms with Crippen LogP contribution in [0.3, 0.4) is 0 Å². The SMILES string of the molecule is c1ccc(-c2nc(-c3cccc4c3oc3cc5ccccc5cc34)nc(-c3cccc4c3c3ccccc3n4-c3ccccc3)n2)cc1. The third kappa shape index (κ3) is 4.08. The van der Waals surface area contributed by atoms with E-state index in [1.807, 2.05) is 42.5 Å². The van der Waals surface area contributed by atoms with E-state index in [4.69, 9.17) is 19.4 Å². The van der Waals surface area contributed by atoms with Crippen molar-refractivity contribution in [2.75, 3.05) is 0 Å². The molecule has 0 spiro atoms. The van der Waals surface area contributed by atoms with E-state index in [1.54, 1.807) is 0 Å². The minimum Gasteiger partial charge on any atom is -0.455 e. The Morgan fingerprint density at radius 2 is 1.04 bits per heavy atom. The molecule has 0 atom stereocenters. The number of furan rings is 1. The highest BCUT2D eigenvalue weighted by molar-refractivity contribution is 6.16. The molecular weight excluding hydrogens is 589 g/mol. The molecule has 0 amide bonds. The lowest BCUT2D eigenvalue weighted by Crippen LogP contribution is -2.00. The van der Waals surface area contributed by atoms with E-state index < -0.39 is 0 Å². The van der Waals surface area contributed by atoms with Crippen molar-refractivity contribution in [2.45, 2.75) is 0 Å². The van der Waals surface area contributed by atoms with Crippen LogP contribution in [-0.2, 0) is 0 Å². The summed E-state index contributed by atoms with van der Waals surface area (Å²) < 4.78 is 8.93. The van der Waals surface area contributed by atoms with Gasteiger partial charge >= 0.3 is 0 Å². The van der Waals surface area contributed by atoms with Gasteiger partial charge in [-0.2, -0.15) is 0 Å². The molecule has 3 aromatic heterocycles. The summed E-state index contributed by atoms with van der Waals surface area (Å²) in [6, 6.07) is 54.4. The Morgan fingerprint density at radius 3 is 1.88 bits per heavy atom. The van der Waals surface area contributed by atoms with E-state index >= 15 is 0 Å². The molecule has 48 heavy (non-hydrogen) atoms. The standard InChI is InChI=1S/C43H26N4O/c1-3-13-27(14-4-1)41-44-42(33-21-12-24-37-39(33)32-19-9-10-23-36(32)47(37)30-17-5-2-6-18-30)46-43(45-41)34-22-11-20-31-35-25-28-15-7-8-16-29(28)26-38(35)48-40(31)34/h1-26H. The maximum atomic E-state index is 6.61. The van der Waals surface area contributed by atoms with Crippen LogP contribution in [0, 0.1) is 0 Å². The predicted octanol–water partition coefficient (Wildman–Crippen LogP) is 11.0. The molecule has 3 heterocycles. The van der Waals surface area contributed by atoms with Crippen molar-refractivity contribution in [2.24, 2.45) is 0 Å². The molecule has 0 aliphatic heterocycles. The van der Waals surface area contributed by atoms with E-state index in [-0.39, 0.29) is 0 Å². The van der Waals surface area contributed by atoms with Crippen molar-refractivity contribution >= 4 is 54.5 Å². The molecule has 5 heteroatoms. The third-order valence-electron chi connectivity index (χ3n) is 9.23. The van der Waals surface area contributed by atoms with Gasteiger partial charge in [0, 0.05) is 38.4 Å². The van der Waals surface area contributed by atoms with Crippen LogP contribution in [0.15, 0.2) is 162 Å². The monoisotopic (exact) mass is 614 g/mol. The second-order valence-electron chi connectivity index (χ2n) is 12.0. The largest absolute Gasteiger partial charge is 0.455 e. The van der Waals surface area contributed by atoms with E-state index in [9.17, 15) is 0 Å². The minimum atomic E-state index is 0.567. The van der Waals surface area contributed by atoms with Crippen LogP contribution in [0.1, 0.15) is 0 Å². The van der Waals surface area contributed by atoms with Crippen molar-refractivity contribution in [3.63, 3.8) is 0 Å². The molecule has 10 rings (SSSR count). The molecule has 0 N–H and O–H groups in total. The molecule has 0 unspecified atom stereocenters. The average Bonchev–Trinajstić information content (AvgIpc) is 3.69. The summed E-state index contributed by atoms with van der Waals surface area (Å²) in [7, 11) is 0. The summed E-state index contributed by atoms with van der Waals surface area (Å²) in [6.07, 6.45) is 0. The van der Waals surface area contributed by atoms with Crippen LogP contribution in [-0.4, -0.2) is 19.5 Å². The molecule has 0 aliphatic rings. The molecule has 0 radical (unpaired) electrons. The topological polar surface area (TPSA) is 56.7 Å². The third-order valence-corrected chi connectivity index (χ3v) is 9.23. The van der Waals surface area contributed by atoms with E-state index in [0.717, 1.165) is 71.5 Å². The van der Waals surface area contributed by atoms with Crippen molar-refractivity contribution < 1.29 is 4.42 Å². The van der Waals surface area contributed by atoms with Crippen molar-refractivity contribution in [1.82, 2.24) is 19.5 Å². The smallest absolute Gasteiger partial charge is 0.167 e. The number of hydrogen-bond acceptors (Lipinski definition) is 4. The Kier molecular flexibility index (Phi) is 5.81. The highest BCUT2D eigenvalue weighted by Crippen LogP contribution is 2.40. The fourth-order valence-corrected chi connectivity index (χ4v) is 7.05. The van der Waals surface area contributed by atoms with Gasteiger partial charge in [0.2, 0.25) is 0 Å². The summed E-state index contributed by atoms with van der Waals surface area (Å²) in [5.41, 5.74) is 7.62. The van der Waals surface area contributed by atoms with Crippen LogP contribution in [0.4, 0.5) is 0 Å². The summed E-state index contributed by atoms with van der Waals surface area (Å²) in [5.74, 6) is 1.79. The number of aromatic nitrogens is 4. The lowest BCUT2D eigenvalue weighted by Gasteiger charge is -2.10. The van der Waals surface area contributed by atoms with E-state index in [1.165, 1.54) is 5.39 Å². The van der Waals surface area contributed by atoms with Crippen LogP contribution < -0.4 is 0 Å². The molecule has 0 fully saturated rings. The highest BCUT2D eigenvalue weighted by atomic mass is 16.3. The predicted molar refractivity (Wildman–Crippen MR) is 195 cm³/mol. The normalized spacial score (nSPS) is 11.8. The maximum Gasteiger partial charge on any atom is 0.167 e. The van der Waals surface area contributed by atoms with Crippen molar-refractivity contribution in [3.05, 3.63) is 158 Å². The van der Waals surface area contributed by atoms with Crippen LogP contribution in [0.5, 0.6) is 0 Å². The zero-order valence-corrected chi connectivity index (χ0v) is 25.7. The first-order valence-electron chi connectivity index (χ1n) is 16.0. The van der Waals surface area contributed by atoms with Gasteiger partial charge in [-0.05, 0) is 53.2 Å². The summed E-state index contributed by atoms with van der Waals surface area (Å²) >= 11 is 0. The van der Waals surface area contributed by atoms with Gasteiger partial charge in [0.05, 0.1) is 16.6 Å². The Hall–Kier alpha value is -6.59. The fourth-order valence-electron chi connectivity index (χ4n) is 7.05. The van der Waals surface area contributed by atoms with Gasteiger partial charge in [-0.1, -0.05) is 115 Å². The molecule has 7 aromatic carbocycles. The van der Waals surface area contributed by atoms with Gasteiger partial charge in [-0.3, -0.25) is 0 Å². The van der Waals surface area contributed by atoms with Gasteiger partial charge in [0.15, 0.2) is 17.5 Å². The number of para-hydroxylation sites is 3. The number of benzene rings is 7. The van der Waals surface area contributed by atoms with Crippen molar-refractivity contribution in [1.29, 1.82) is 0 Å². The Balaban J connectivity index is 1.26. The van der Waals surface area contributed by atoms with Gasteiger partial charge in [0.25, 0.3) is 0 Å². The first kappa shape index (κ1) is 26.6. The molecular formula is C43H26N4O. The second kappa shape index (κ2) is 10.5. The van der Waals surface area contributed by atoms with Gasteiger partial charge in [0.1, 0.15) is 11.2 Å². The summed E-state index contributed by atoms with van der Waals surface area (Å²) in [5, 5.41) is 6.66. The Labute approximate surface area is 275 Å². The first-order chi connectivity index (χ1) is 23.8. The Morgan fingerprint density at radius 1 is 0.438 bits per heavy atom. The quantitative estimate of drug-likeness (QED) is 0.198. The number of nitrogens with zero attached hydrogens (tertiary/aromatic N) is 4. The summed E-state index contributed by atoms with van der Waals surface area (Å²) in [6.45, 7) is 0. The van der Waals surface area contributed by atoms with Crippen LogP contribution >= 0.6 is 0 Å². The highest BCUT2D eigenvalue weighted by Gasteiger charge is 2.21. The fraction of sp³-hybridized carbons (Fsp3) is 0. The molecule has 0 bridgehead atoms. The van der Waals surface area contributed by atoms with Crippen LogP contribution in [0.2, 0.25) is 0 Å².